The number of halogens is 2. The van der Waals surface area contributed by atoms with E-state index in [4.69, 9.17) is 21.6 Å². The average molecular weight is 632 g/mol. The molecule has 2 aromatic carbocycles. The molecule has 41 heavy (non-hydrogen) atoms. The van der Waals surface area contributed by atoms with Gasteiger partial charge in [-0.2, -0.15) is 11.1 Å². The largest absolute Gasteiger partial charge is 0.543 e. The van der Waals surface area contributed by atoms with E-state index in [1.165, 1.54) is 20.3 Å². The summed E-state index contributed by atoms with van der Waals surface area (Å²) in [5.41, 5.74) is 2.36. The number of aromatic hydroxyl groups is 1. The highest BCUT2D eigenvalue weighted by atomic mass is 35.6. The SMILES string of the molecule is CC(C)(C)[Si](C)(C)Cl.COC(=O)c1cccc(O)c1C.COC(=O)c1cccc(O[Si](C)(C)C(C)(C)C)c1C.[2H]CF. The first kappa shape index (κ1) is 38.6. The van der Waals surface area contributed by atoms with Crippen molar-refractivity contribution in [2.75, 3.05) is 21.4 Å². The molecular formula is C31H52ClFO6Si2. The maximum Gasteiger partial charge on any atom is 0.338 e. The minimum atomic E-state index is -1.90. The molecule has 10 heteroatoms. The van der Waals surface area contributed by atoms with Crippen LogP contribution in [0.4, 0.5) is 4.39 Å². The summed E-state index contributed by atoms with van der Waals surface area (Å²) in [6.45, 7) is 25.5. The minimum absolute atomic E-state index is 0.109. The normalized spacial score (nSPS) is 11.7. The Morgan fingerprint density at radius 1 is 0.829 bits per heavy atom. The lowest BCUT2D eigenvalue weighted by Gasteiger charge is -2.37. The molecule has 0 radical (unpaired) electrons. The van der Waals surface area contributed by atoms with Gasteiger partial charge in [-0.25, -0.2) is 9.59 Å². The number of benzene rings is 2. The monoisotopic (exact) mass is 631 g/mol. The fraction of sp³-hybridized carbons (Fsp3) is 0.548. The third-order valence-corrected chi connectivity index (χ3v) is 17.0. The van der Waals surface area contributed by atoms with Gasteiger partial charge >= 0.3 is 11.9 Å². The molecule has 0 saturated carbocycles. The lowest BCUT2D eigenvalue weighted by Crippen LogP contribution is -2.44. The van der Waals surface area contributed by atoms with Gasteiger partial charge in [0.1, 0.15) is 11.5 Å². The molecule has 0 spiro atoms. The number of phenols is 1. The molecule has 6 nitrogen and oxygen atoms in total. The zero-order valence-corrected chi connectivity index (χ0v) is 30.2. The van der Waals surface area contributed by atoms with E-state index in [0.717, 1.165) is 11.3 Å². The molecule has 0 aromatic heterocycles. The number of methoxy groups -OCH3 is 2. The van der Waals surface area contributed by atoms with Crippen LogP contribution in [0.25, 0.3) is 0 Å². The van der Waals surface area contributed by atoms with E-state index >= 15 is 0 Å². The van der Waals surface area contributed by atoms with E-state index < -0.39 is 28.8 Å². The summed E-state index contributed by atoms with van der Waals surface area (Å²) >= 11 is 6.15. The highest BCUT2D eigenvalue weighted by Gasteiger charge is 2.39. The summed E-state index contributed by atoms with van der Waals surface area (Å²) in [6, 6.07) is 10.3. The van der Waals surface area contributed by atoms with E-state index in [-0.39, 0.29) is 16.8 Å². The zero-order chi connectivity index (χ0) is 33.7. The Balaban J connectivity index is 0. The molecule has 0 heterocycles. The van der Waals surface area contributed by atoms with Crippen LogP contribution in [0.2, 0.25) is 36.3 Å². The van der Waals surface area contributed by atoms with Gasteiger partial charge in [-0.15, -0.1) is 0 Å². The van der Waals surface area contributed by atoms with Crippen LogP contribution in [-0.2, 0) is 9.47 Å². The van der Waals surface area contributed by atoms with Crippen LogP contribution < -0.4 is 4.43 Å². The second-order valence-corrected chi connectivity index (χ2v) is 24.5. The van der Waals surface area contributed by atoms with Crippen LogP contribution in [0, 0.1) is 13.8 Å². The summed E-state index contributed by atoms with van der Waals surface area (Å²) in [5.74, 6) is 0.147. The van der Waals surface area contributed by atoms with Crippen molar-refractivity contribution in [1.29, 1.82) is 0 Å². The summed E-state index contributed by atoms with van der Waals surface area (Å²) in [6.07, 6.45) is 0. The molecule has 2 aromatic rings. The van der Waals surface area contributed by atoms with Gasteiger partial charge in [0.15, 0.2) is 7.38 Å². The molecule has 0 fully saturated rings. The average Bonchev–Trinajstić information content (AvgIpc) is 2.85. The van der Waals surface area contributed by atoms with Crippen LogP contribution >= 0.6 is 11.1 Å². The van der Waals surface area contributed by atoms with Crippen molar-refractivity contribution in [3.8, 4) is 11.5 Å². The first-order valence-corrected chi connectivity index (χ1v) is 20.1. The lowest BCUT2D eigenvalue weighted by molar-refractivity contribution is 0.0590. The number of phenolic OH excluding ortho intramolecular Hbond substituents is 1. The predicted octanol–water partition coefficient (Wildman–Crippen LogP) is 9.47. The van der Waals surface area contributed by atoms with Crippen molar-refractivity contribution >= 4 is 38.7 Å². The molecular weight excluding hydrogens is 579 g/mol. The van der Waals surface area contributed by atoms with Gasteiger partial charge in [0.25, 0.3) is 0 Å². The van der Waals surface area contributed by atoms with Crippen molar-refractivity contribution in [2.24, 2.45) is 0 Å². The maximum absolute atomic E-state index is 11.7. The fourth-order valence-corrected chi connectivity index (χ4v) is 3.52. The number of ether oxygens (including phenoxy) is 2. The number of rotatable bonds is 4. The van der Waals surface area contributed by atoms with Crippen LogP contribution in [-0.4, -0.2) is 54.1 Å². The quantitative estimate of drug-likeness (QED) is 0.206. The zero-order valence-electron chi connectivity index (χ0n) is 28.4. The van der Waals surface area contributed by atoms with Gasteiger partial charge in [-0.05, 0) is 61.3 Å². The van der Waals surface area contributed by atoms with Gasteiger partial charge in [-0.1, -0.05) is 66.8 Å². The Labute approximate surface area is 255 Å². The topological polar surface area (TPSA) is 82.1 Å². The van der Waals surface area contributed by atoms with E-state index in [2.05, 4.69) is 72.5 Å². The summed E-state index contributed by atoms with van der Waals surface area (Å²) in [5, 5.41) is 9.70. The van der Waals surface area contributed by atoms with Gasteiger partial charge in [0.2, 0.25) is 8.32 Å². The number of carbonyl (C=O) groups is 2. The number of alkyl halides is 1. The molecule has 0 aliphatic heterocycles. The molecule has 0 saturated heterocycles. The Hall–Kier alpha value is -2.37. The Morgan fingerprint density at radius 2 is 1.20 bits per heavy atom. The van der Waals surface area contributed by atoms with Crippen molar-refractivity contribution < 1.29 is 34.4 Å². The Morgan fingerprint density at radius 3 is 1.54 bits per heavy atom. The second kappa shape index (κ2) is 16.9. The first-order valence-electron chi connectivity index (χ1n) is 13.9. The van der Waals surface area contributed by atoms with Crippen LogP contribution in [0.5, 0.6) is 11.5 Å². The Bertz CT molecular complexity index is 1130. The molecule has 234 valence electrons. The standard InChI is InChI=1S/C15H24O3Si.C9H10O3.C6H15ClSi.CH3F/c1-11-12(14(16)17-5)9-8-10-13(11)18-19(6,7)15(2,3)4;1-6-7(9(11)12-2)4-3-5-8(6)10;1-6(2,3)8(4,5)7;1-2/h8-10H,1-7H3;3-5,10H,1-2H3;1-5H3;1H3/i;;;1D. The summed E-state index contributed by atoms with van der Waals surface area (Å²) in [4.78, 5) is 22.7. The van der Waals surface area contributed by atoms with E-state index in [1.54, 1.807) is 25.1 Å². The van der Waals surface area contributed by atoms with Crippen molar-refractivity contribution in [3.05, 3.63) is 58.7 Å². The van der Waals surface area contributed by atoms with E-state index in [0.29, 0.717) is 21.7 Å². The Kier molecular flexibility index (Phi) is 15.9. The second-order valence-electron chi connectivity index (χ2n) is 12.4. The summed E-state index contributed by atoms with van der Waals surface area (Å²) < 4.78 is 31.1. The molecule has 2 rings (SSSR count). The van der Waals surface area contributed by atoms with E-state index in [1.807, 2.05) is 19.1 Å². The molecule has 0 aliphatic rings. The molecule has 1 N–H and O–H groups in total. The van der Waals surface area contributed by atoms with Gasteiger partial charge < -0.3 is 19.0 Å². The number of hydrogen-bond acceptors (Lipinski definition) is 6. The minimum Gasteiger partial charge on any atom is -0.543 e. The molecule has 0 bridgehead atoms. The van der Waals surface area contributed by atoms with E-state index in [9.17, 15) is 19.1 Å². The number of esters is 2. The number of carbonyl (C=O) groups excluding carboxylic acids is 2. The predicted molar refractivity (Wildman–Crippen MR) is 175 cm³/mol. The van der Waals surface area contributed by atoms with Crippen LogP contribution in [0.1, 0.15) is 74.8 Å². The third kappa shape index (κ3) is 13.0. The molecule has 0 unspecified atom stereocenters. The van der Waals surface area contributed by atoms with Crippen molar-refractivity contribution in [3.63, 3.8) is 0 Å². The molecule has 0 atom stereocenters. The van der Waals surface area contributed by atoms with Crippen LogP contribution in [0.15, 0.2) is 36.4 Å². The fourth-order valence-electron chi connectivity index (χ4n) is 2.44. The molecule has 0 amide bonds. The van der Waals surface area contributed by atoms with Crippen LogP contribution in [0.3, 0.4) is 0 Å². The highest BCUT2D eigenvalue weighted by Crippen LogP contribution is 2.39. The number of hydrogen-bond donors (Lipinski definition) is 1. The van der Waals surface area contributed by atoms with Gasteiger partial charge in [0, 0.05) is 11.1 Å². The maximum atomic E-state index is 11.7. The van der Waals surface area contributed by atoms with Crippen molar-refractivity contribution in [1.82, 2.24) is 0 Å². The third-order valence-electron chi connectivity index (χ3n) is 7.35. The highest BCUT2D eigenvalue weighted by molar-refractivity contribution is 7.20. The van der Waals surface area contributed by atoms with Gasteiger partial charge in [0.05, 0.1) is 33.9 Å². The lowest BCUT2D eigenvalue weighted by atomic mass is 10.1. The summed E-state index contributed by atoms with van der Waals surface area (Å²) in [7, 11) is -1.58. The van der Waals surface area contributed by atoms with Gasteiger partial charge in [-0.3, -0.25) is 4.39 Å². The molecule has 0 aliphatic carbocycles. The first-order chi connectivity index (χ1) is 18.9. The smallest absolute Gasteiger partial charge is 0.338 e. The van der Waals surface area contributed by atoms with Crippen molar-refractivity contribution in [2.45, 2.75) is 91.7 Å².